The van der Waals surface area contributed by atoms with Crippen molar-refractivity contribution in [3.05, 3.63) is 41.5 Å². The molecule has 0 bridgehead atoms. The lowest BCUT2D eigenvalue weighted by molar-refractivity contribution is 0.483. The van der Waals surface area contributed by atoms with Gasteiger partial charge in [0.15, 0.2) is 0 Å². The standard InChI is InChI=1S/C14H16O3S/c1-3-10-7-11(4-2)14-6-5-13(18(15,16)17)9-12(14)8-10/h5-9H,3-4H2,1-2H3,(H,15,16,17). The predicted molar refractivity (Wildman–Crippen MR) is 72.5 cm³/mol. The second-order valence-electron chi connectivity index (χ2n) is 4.32. The summed E-state index contributed by atoms with van der Waals surface area (Å²) in [4.78, 5) is -0.0506. The highest BCUT2D eigenvalue weighted by molar-refractivity contribution is 7.85. The van der Waals surface area contributed by atoms with Gasteiger partial charge in [-0.25, -0.2) is 0 Å². The van der Waals surface area contributed by atoms with Gasteiger partial charge in [-0.2, -0.15) is 8.42 Å². The third kappa shape index (κ3) is 2.40. The van der Waals surface area contributed by atoms with Crippen molar-refractivity contribution >= 4 is 20.9 Å². The molecule has 0 saturated heterocycles. The Bertz CT molecular complexity index is 687. The van der Waals surface area contributed by atoms with Gasteiger partial charge in [0.1, 0.15) is 0 Å². The van der Waals surface area contributed by atoms with Crippen molar-refractivity contribution in [3.8, 4) is 0 Å². The predicted octanol–water partition coefficient (Wildman–Crippen LogP) is 3.21. The largest absolute Gasteiger partial charge is 0.294 e. The number of aryl methyl sites for hydroxylation is 2. The van der Waals surface area contributed by atoms with E-state index in [0.29, 0.717) is 0 Å². The lowest BCUT2D eigenvalue weighted by atomic mass is 9.98. The van der Waals surface area contributed by atoms with Gasteiger partial charge in [-0.3, -0.25) is 4.55 Å². The van der Waals surface area contributed by atoms with Gasteiger partial charge in [0.25, 0.3) is 10.1 Å². The fourth-order valence-corrected chi connectivity index (χ4v) is 2.67. The first-order chi connectivity index (χ1) is 8.45. The molecule has 0 aliphatic carbocycles. The van der Waals surface area contributed by atoms with Crippen molar-refractivity contribution in [2.24, 2.45) is 0 Å². The Morgan fingerprint density at radius 3 is 2.33 bits per heavy atom. The van der Waals surface area contributed by atoms with Crippen LogP contribution in [-0.4, -0.2) is 13.0 Å². The fraction of sp³-hybridized carbons (Fsp3) is 0.286. The first-order valence-electron chi connectivity index (χ1n) is 5.98. The maximum Gasteiger partial charge on any atom is 0.294 e. The van der Waals surface area contributed by atoms with E-state index in [2.05, 4.69) is 19.9 Å². The van der Waals surface area contributed by atoms with E-state index in [1.54, 1.807) is 6.07 Å². The Kier molecular flexibility index (Phi) is 3.41. The summed E-state index contributed by atoms with van der Waals surface area (Å²) in [5.41, 5.74) is 2.37. The molecule has 3 nitrogen and oxygen atoms in total. The van der Waals surface area contributed by atoms with Crippen LogP contribution in [0.25, 0.3) is 10.8 Å². The fourth-order valence-electron chi connectivity index (χ4n) is 2.15. The summed E-state index contributed by atoms with van der Waals surface area (Å²) >= 11 is 0. The molecular formula is C14H16O3S. The van der Waals surface area contributed by atoms with Gasteiger partial charge in [0.2, 0.25) is 0 Å². The average Bonchev–Trinajstić information content (AvgIpc) is 2.35. The summed E-state index contributed by atoms with van der Waals surface area (Å²) in [6.07, 6.45) is 1.80. The Morgan fingerprint density at radius 2 is 1.78 bits per heavy atom. The molecule has 4 heteroatoms. The zero-order valence-corrected chi connectivity index (χ0v) is 11.3. The van der Waals surface area contributed by atoms with Gasteiger partial charge in [0.05, 0.1) is 4.90 Å². The molecule has 0 fully saturated rings. The van der Waals surface area contributed by atoms with Crippen molar-refractivity contribution in [1.29, 1.82) is 0 Å². The monoisotopic (exact) mass is 264 g/mol. The van der Waals surface area contributed by atoms with Crippen LogP contribution in [0.3, 0.4) is 0 Å². The maximum absolute atomic E-state index is 11.1. The molecule has 0 unspecified atom stereocenters. The lowest BCUT2D eigenvalue weighted by Gasteiger charge is -2.09. The van der Waals surface area contributed by atoms with E-state index in [0.717, 1.165) is 23.6 Å². The second-order valence-corrected chi connectivity index (χ2v) is 5.74. The zero-order valence-electron chi connectivity index (χ0n) is 10.5. The van der Waals surface area contributed by atoms with Crippen molar-refractivity contribution in [2.75, 3.05) is 0 Å². The number of fused-ring (bicyclic) bond motifs is 1. The summed E-state index contributed by atoms with van der Waals surface area (Å²) in [5.74, 6) is 0. The Morgan fingerprint density at radius 1 is 1.06 bits per heavy atom. The van der Waals surface area contributed by atoms with E-state index in [9.17, 15) is 8.42 Å². The summed E-state index contributed by atoms with van der Waals surface area (Å²) in [6.45, 7) is 4.14. The summed E-state index contributed by atoms with van der Waals surface area (Å²) in [7, 11) is -4.13. The van der Waals surface area contributed by atoms with E-state index in [1.165, 1.54) is 23.3 Å². The van der Waals surface area contributed by atoms with E-state index in [1.807, 2.05) is 6.07 Å². The number of hydrogen-bond acceptors (Lipinski definition) is 2. The third-order valence-electron chi connectivity index (χ3n) is 3.16. The van der Waals surface area contributed by atoms with E-state index in [4.69, 9.17) is 4.55 Å². The van der Waals surface area contributed by atoms with Crippen LogP contribution in [0.15, 0.2) is 35.2 Å². The quantitative estimate of drug-likeness (QED) is 0.866. The molecule has 0 heterocycles. The van der Waals surface area contributed by atoms with Crippen molar-refractivity contribution in [1.82, 2.24) is 0 Å². The minimum atomic E-state index is -4.13. The molecule has 1 N–H and O–H groups in total. The van der Waals surface area contributed by atoms with Crippen LogP contribution in [0, 0.1) is 0 Å². The number of rotatable bonds is 3. The first kappa shape index (κ1) is 13.1. The SMILES string of the molecule is CCc1cc(CC)c2ccc(S(=O)(=O)O)cc2c1. The van der Waals surface area contributed by atoms with E-state index in [-0.39, 0.29) is 4.90 Å². The average molecular weight is 264 g/mol. The highest BCUT2D eigenvalue weighted by Crippen LogP contribution is 2.25. The molecule has 0 saturated carbocycles. The van der Waals surface area contributed by atoms with Gasteiger partial charge in [0, 0.05) is 0 Å². The van der Waals surface area contributed by atoms with Gasteiger partial charge < -0.3 is 0 Å². The molecule has 0 radical (unpaired) electrons. The van der Waals surface area contributed by atoms with Crippen molar-refractivity contribution in [2.45, 2.75) is 31.6 Å². The molecule has 2 aromatic rings. The zero-order chi connectivity index (χ0) is 13.3. The van der Waals surface area contributed by atoms with E-state index < -0.39 is 10.1 Å². The second kappa shape index (κ2) is 4.71. The third-order valence-corrected chi connectivity index (χ3v) is 4.01. The van der Waals surface area contributed by atoms with Crippen LogP contribution in [-0.2, 0) is 23.0 Å². The normalized spacial score (nSPS) is 11.9. The molecule has 2 rings (SSSR count). The molecule has 0 aliphatic rings. The molecule has 2 aromatic carbocycles. The minimum absolute atomic E-state index is 0.0506. The van der Waals surface area contributed by atoms with Gasteiger partial charge in [-0.05, 0) is 46.9 Å². The maximum atomic E-state index is 11.1. The molecule has 0 aliphatic heterocycles. The summed E-state index contributed by atoms with van der Waals surface area (Å²) in [6, 6.07) is 8.86. The van der Waals surface area contributed by atoms with Gasteiger partial charge >= 0.3 is 0 Å². The smallest absolute Gasteiger partial charge is 0.282 e. The topological polar surface area (TPSA) is 54.4 Å². The number of benzene rings is 2. The van der Waals surface area contributed by atoms with Crippen molar-refractivity contribution in [3.63, 3.8) is 0 Å². The first-order valence-corrected chi connectivity index (χ1v) is 7.42. The molecule has 96 valence electrons. The highest BCUT2D eigenvalue weighted by atomic mass is 32.2. The highest BCUT2D eigenvalue weighted by Gasteiger charge is 2.11. The van der Waals surface area contributed by atoms with Crippen LogP contribution in [0.1, 0.15) is 25.0 Å². The van der Waals surface area contributed by atoms with Crippen LogP contribution in [0.5, 0.6) is 0 Å². The Hall–Kier alpha value is -1.39. The van der Waals surface area contributed by atoms with Gasteiger partial charge in [-0.15, -0.1) is 0 Å². The van der Waals surface area contributed by atoms with Crippen LogP contribution in [0.4, 0.5) is 0 Å². The lowest BCUT2D eigenvalue weighted by Crippen LogP contribution is -1.98. The number of hydrogen-bond donors (Lipinski definition) is 1. The Labute approximate surface area is 107 Å². The molecule has 0 atom stereocenters. The van der Waals surface area contributed by atoms with Crippen LogP contribution in [0.2, 0.25) is 0 Å². The van der Waals surface area contributed by atoms with Crippen LogP contribution >= 0.6 is 0 Å². The molecule has 0 amide bonds. The summed E-state index contributed by atoms with van der Waals surface area (Å²) in [5, 5.41) is 1.91. The van der Waals surface area contributed by atoms with E-state index >= 15 is 0 Å². The molecule has 0 aromatic heterocycles. The molecule has 0 spiro atoms. The van der Waals surface area contributed by atoms with Crippen LogP contribution < -0.4 is 0 Å². The van der Waals surface area contributed by atoms with Crippen molar-refractivity contribution < 1.29 is 13.0 Å². The van der Waals surface area contributed by atoms with Gasteiger partial charge in [-0.1, -0.05) is 32.0 Å². The Balaban J connectivity index is 2.76. The molecular weight excluding hydrogens is 248 g/mol. The minimum Gasteiger partial charge on any atom is -0.282 e. The molecule has 18 heavy (non-hydrogen) atoms. The summed E-state index contributed by atoms with van der Waals surface area (Å²) < 4.78 is 31.4.